The van der Waals surface area contributed by atoms with Crippen LogP contribution in [0.15, 0.2) is 54.7 Å². The minimum absolute atomic E-state index is 0.0389. The Morgan fingerprint density at radius 3 is 2.53 bits per heavy atom. The third-order valence-electron chi connectivity index (χ3n) is 6.09. The predicted octanol–water partition coefficient (Wildman–Crippen LogP) is 4.67. The average Bonchev–Trinajstić information content (AvgIpc) is 3.55. The van der Waals surface area contributed by atoms with Crippen molar-refractivity contribution in [2.75, 3.05) is 13.1 Å². The SMILES string of the molecule is Cc1ccc(CN(CCc2c[nH]c3ccccc23)C(=O)CN(C(=O)C(C)Cl)C2CC2)cc1. The first-order chi connectivity index (χ1) is 15.4. The molecule has 4 rings (SSSR count). The van der Waals surface area contributed by atoms with Gasteiger partial charge in [0, 0.05) is 36.2 Å². The number of hydrogen-bond acceptors (Lipinski definition) is 2. The van der Waals surface area contributed by atoms with Gasteiger partial charge in [-0.2, -0.15) is 0 Å². The van der Waals surface area contributed by atoms with Crippen LogP contribution in [-0.4, -0.2) is 51.1 Å². The number of halogens is 1. The molecule has 0 radical (unpaired) electrons. The first kappa shape index (κ1) is 22.4. The highest BCUT2D eigenvalue weighted by Crippen LogP contribution is 2.28. The molecule has 1 fully saturated rings. The van der Waals surface area contributed by atoms with Crippen LogP contribution >= 0.6 is 11.6 Å². The average molecular weight is 452 g/mol. The number of aryl methyl sites for hydroxylation is 1. The van der Waals surface area contributed by atoms with E-state index in [0.717, 1.165) is 30.3 Å². The van der Waals surface area contributed by atoms with Gasteiger partial charge in [-0.15, -0.1) is 11.6 Å². The number of carbonyl (C=O) groups excluding carboxylic acids is 2. The van der Waals surface area contributed by atoms with E-state index in [4.69, 9.17) is 11.6 Å². The second kappa shape index (κ2) is 9.78. The van der Waals surface area contributed by atoms with Crippen LogP contribution in [0.5, 0.6) is 0 Å². The molecular weight excluding hydrogens is 422 g/mol. The normalized spacial score (nSPS) is 14.3. The summed E-state index contributed by atoms with van der Waals surface area (Å²) in [6.45, 7) is 4.91. The van der Waals surface area contributed by atoms with Crippen LogP contribution in [0.25, 0.3) is 10.9 Å². The van der Waals surface area contributed by atoms with Crippen LogP contribution in [0, 0.1) is 6.92 Å². The maximum absolute atomic E-state index is 13.4. The van der Waals surface area contributed by atoms with Crippen LogP contribution in [0.2, 0.25) is 0 Å². The van der Waals surface area contributed by atoms with Crippen molar-refractivity contribution in [3.8, 4) is 0 Å². The Labute approximate surface area is 194 Å². The summed E-state index contributed by atoms with van der Waals surface area (Å²) in [6.07, 6.45) is 4.64. The van der Waals surface area contributed by atoms with Gasteiger partial charge in [0.15, 0.2) is 0 Å². The van der Waals surface area contributed by atoms with Crippen molar-refractivity contribution in [1.29, 1.82) is 0 Å². The molecule has 168 valence electrons. The van der Waals surface area contributed by atoms with Gasteiger partial charge < -0.3 is 14.8 Å². The van der Waals surface area contributed by atoms with Gasteiger partial charge in [-0.05, 0) is 50.3 Å². The standard InChI is InChI=1S/C26H30ClN3O2/c1-18-7-9-20(10-8-18)16-29(14-13-21-15-28-24-6-4-3-5-23(21)24)25(31)17-30(22-11-12-22)26(32)19(2)27/h3-10,15,19,22,28H,11-14,16-17H2,1-2H3. The third-order valence-corrected chi connectivity index (χ3v) is 6.28. The highest BCUT2D eigenvalue weighted by atomic mass is 35.5. The summed E-state index contributed by atoms with van der Waals surface area (Å²) < 4.78 is 0. The lowest BCUT2D eigenvalue weighted by molar-refractivity contribution is -0.141. The Morgan fingerprint density at radius 1 is 1.12 bits per heavy atom. The van der Waals surface area contributed by atoms with Crippen molar-refractivity contribution in [3.63, 3.8) is 0 Å². The molecule has 0 bridgehead atoms. The summed E-state index contributed by atoms with van der Waals surface area (Å²) in [5, 5.41) is 0.557. The molecule has 6 heteroatoms. The molecule has 0 spiro atoms. The molecule has 3 aromatic rings. The molecule has 1 saturated carbocycles. The van der Waals surface area contributed by atoms with E-state index in [0.29, 0.717) is 13.1 Å². The van der Waals surface area contributed by atoms with Gasteiger partial charge in [0.25, 0.3) is 0 Å². The number of para-hydroxylation sites is 1. The van der Waals surface area contributed by atoms with E-state index < -0.39 is 5.38 Å². The number of aromatic amines is 1. The summed E-state index contributed by atoms with van der Waals surface area (Å²) >= 11 is 6.07. The van der Waals surface area contributed by atoms with E-state index in [-0.39, 0.29) is 24.4 Å². The highest BCUT2D eigenvalue weighted by molar-refractivity contribution is 6.30. The smallest absolute Gasteiger partial charge is 0.242 e. The van der Waals surface area contributed by atoms with Crippen molar-refractivity contribution in [2.45, 2.75) is 51.1 Å². The number of rotatable bonds is 9. The number of fused-ring (bicyclic) bond motifs is 1. The Kier molecular flexibility index (Phi) is 6.85. The Balaban J connectivity index is 1.51. The lowest BCUT2D eigenvalue weighted by Gasteiger charge is -2.28. The molecule has 1 aromatic heterocycles. The molecule has 2 aromatic carbocycles. The van der Waals surface area contributed by atoms with Crippen molar-refractivity contribution >= 4 is 34.3 Å². The van der Waals surface area contributed by atoms with Crippen LogP contribution < -0.4 is 0 Å². The maximum Gasteiger partial charge on any atom is 0.242 e. The molecule has 0 saturated heterocycles. The lowest BCUT2D eigenvalue weighted by Crippen LogP contribution is -2.46. The van der Waals surface area contributed by atoms with E-state index in [9.17, 15) is 9.59 Å². The second-order valence-electron chi connectivity index (χ2n) is 8.72. The van der Waals surface area contributed by atoms with Crippen LogP contribution in [0.3, 0.4) is 0 Å². The zero-order chi connectivity index (χ0) is 22.7. The molecule has 1 heterocycles. The molecule has 1 aliphatic carbocycles. The molecule has 1 N–H and O–H groups in total. The number of amides is 2. The molecule has 1 unspecified atom stereocenters. The first-order valence-electron chi connectivity index (χ1n) is 11.2. The monoisotopic (exact) mass is 451 g/mol. The molecule has 2 amide bonds. The summed E-state index contributed by atoms with van der Waals surface area (Å²) in [5.41, 5.74) is 4.55. The number of carbonyl (C=O) groups is 2. The number of benzene rings is 2. The second-order valence-corrected chi connectivity index (χ2v) is 9.38. The topological polar surface area (TPSA) is 56.4 Å². The maximum atomic E-state index is 13.4. The number of nitrogens with one attached hydrogen (secondary N) is 1. The Morgan fingerprint density at radius 2 is 1.84 bits per heavy atom. The van der Waals surface area contributed by atoms with Gasteiger partial charge in [0.05, 0.1) is 0 Å². The summed E-state index contributed by atoms with van der Waals surface area (Å²) in [5.74, 6) is -0.197. The quantitative estimate of drug-likeness (QED) is 0.481. The van der Waals surface area contributed by atoms with Crippen LogP contribution in [0.1, 0.15) is 36.5 Å². The van der Waals surface area contributed by atoms with Crippen molar-refractivity contribution in [3.05, 3.63) is 71.4 Å². The van der Waals surface area contributed by atoms with Gasteiger partial charge in [0.2, 0.25) is 11.8 Å². The van der Waals surface area contributed by atoms with Gasteiger partial charge in [-0.25, -0.2) is 0 Å². The molecule has 0 aliphatic heterocycles. The van der Waals surface area contributed by atoms with Crippen molar-refractivity contribution in [2.24, 2.45) is 0 Å². The van der Waals surface area contributed by atoms with Gasteiger partial charge in [-0.1, -0.05) is 48.0 Å². The number of alkyl halides is 1. The molecule has 1 atom stereocenters. The Bertz CT molecular complexity index is 1090. The van der Waals surface area contributed by atoms with Gasteiger partial charge in [0.1, 0.15) is 11.9 Å². The first-order valence-corrected chi connectivity index (χ1v) is 11.7. The van der Waals surface area contributed by atoms with Crippen molar-refractivity contribution < 1.29 is 9.59 Å². The Hall–Kier alpha value is -2.79. The summed E-state index contributed by atoms with van der Waals surface area (Å²) in [6, 6.07) is 16.6. The third kappa shape index (κ3) is 5.33. The predicted molar refractivity (Wildman–Crippen MR) is 129 cm³/mol. The highest BCUT2D eigenvalue weighted by Gasteiger charge is 2.36. The summed E-state index contributed by atoms with van der Waals surface area (Å²) in [7, 11) is 0. The fraction of sp³-hybridized carbons (Fsp3) is 0.385. The molecule has 32 heavy (non-hydrogen) atoms. The fourth-order valence-corrected chi connectivity index (χ4v) is 4.17. The molecular formula is C26H30ClN3O2. The van der Waals surface area contributed by atoms with E-state index in [2.05, 4.69) is 48.3 Å². The minimum atomic E-state index is -0.625. The van der Waals surface area contributed by atoms with E-state index in [1.807, 2.05) is 23.2 Å². The number of aromatic nitrogens is 1. The zero-order valence-corrected chi connectivity index (χ0v) is 19.4. The number of nitrogens with zero attached hydrogens (tertiary/aromatic N) is 2. The van der Waals surface area contributed by atoms with E-state index >= 15 is 0 Å². The zero-order valence-electron chi connectivity index (χ0n) is 18.7. The van der Waals surface area contributed by atoms with Gasteiger partial charge in [-0.3, -0.25) is 9.59 Å². The van der Waals surface area contributed by atoms with Crippen LogP contribution in [-0.2, 0) is 22.6 Å². The number of hydrogen-bond donors (Lipinski definition) is 1. The van der Waals surface area contributed by atoms with Crippen molar-refractivity contribution in [1.82, 2.24) is 14.8 Å². The molecule has 5 nitrogen and oxygen atoms in total. The molecule has 1 aliphatic rings. The van der Waals surface area contributed by atoms with Gasteiger partial charge >= 0.3 is 0 Å². The minimum Gasteiger partial charge on any atom is -0.361 e. The van der Waals surface area contributed by atoms with E-state index in [1.54, 1.807) is 11.8 Å². The number of H-pyrrole nitrogens is 1. The fourth-order valence-electron chi connectivity index (χ4n) is 4.05. The lowest BCUT2D eigenvalue weighted by atomic mass is 10.1. The largest absolute Gasteiger partial charge is 0.361 e. The van der Waals surface area contributed by atoms with Crippen LogP contribution in [0.4, 0.5) is 0 Å². The summed E-state index contributed by atoms with van der Waals surface area (Å²) in [4.78, 5) is 32.8. The van der Waals surface area contributed by atoms with E-state index in [1.165, 1.54) is 16.5 Å².